The molecule has 2 rings (SSSR count). The molecule has 3 nitrogen and oxygen atoms in total. The van der Waals surface area contributed by atoms with Crippen LogP contribution in [0.25, 0.3) is 0 Å². The summed E-state index contributed by atoms with van der Waals surface area (Å²) < 4.78 is 27.2. The van der Waals surface area contributed by atoms with Crippen LogP contribution in [0.1, 0.15) is 31.2 Å². The van der Waals surface area contributed by atoms with Gasteiger partial charge in [-0.1, -0.05) is 6.07 Å². The molecule has 21 heavy (non-hydrogen) atoms. The van der Waals surface area contributed by atoms with Crippen LogP contribution in [0.4, 0.5) is 8.78 Å². The number of piperidine rings is 1. The Hall–Kier alpha value is -1.49. The van der Waals surface area contributed by atoms with Crippen LogP contribution in [0.5, 0.6) is 0 Å². The Balaban J connectivity index is 1.90. The van der Waals surface area contributed by atoms with Gasteiger partial charge in [0.2, 0.25) is 5.91 Å². The van der Waals surface area contributed by atoms with Crippen LogP contribution in [-0.2, 0) is 11.2 Å². The minimum Gasteiger partial charge on any atom is -0.396 e. The van der Waals surface area contributed by atoms with Crippen molar-refractivity contribution >= 4 is 5.91 Å². The number of rotatable bonds is 5. The van der Waals surface area contributed by atoms with Gasteiger partial charge in [-0.25, -0.2) is 8.78 Å². The highest BCUT2D eigenvalue weighted by atomic mass is 19.1. The highest BCUT2D eigenvalue weighted by molar-refractivity contribution is 5.76. The Morgan fingerprint density at radius 3 is 2.71 bits per heavy atom. The zero-order valence-corrected chi connectivity index (χ0v) is 12.0. The minimum absolute atomic E-state index is 0.0423. The number of hydrogen-bond acceptors (Lipinski definition) is 2. The summed E-state index contributed by atoms with van der Waals surface area (Å²) in [5.74, 6) is -0.780. The lowest BCUT2D eigenvalue weighted by Crippen LogP contribution is -2.40. The van der Waals surface area contributed by atoms with Gasteiger partial charge in [-0.05, 0) is 43.7 Å². The minimum atomic E-state index is -0.501. The van der Waals surface area contributed by atoms with Crippen molar-refractivity contribution in [3.8, 4) is 0 Å². The van der Waals surface area contributed by atoms with Crippen molar-refractivity contribution in [2.24, 2.45) is 5.92 Å². The van der Waals surface area contributed by atoms with E-state index in [1.807, 2.05) is 0 Å². The summed E-state index contributed by atoms with van der Waals surface area (Å²) in [5, 5.41) is 8.82. The molecule has 0 aliphatic carbocycles. The molecule has 0 spiro atoms. The molecule has 1 saturated heterocycles. The third-order valence-corrected chi connectivity index (χ3v) is 4.06. The van der Waals surface area contributed by atoms with E-state index in [2.05, 4.69) is 0 Å². The number of carbonyl (C=O) groups excluding carboxylic acids is 1. The first-order valence-electron chi connectivity index (χ1n) is 7.43. The van der Waals surface area contributed by atoms with Gasteiger partial charge in [0.05, 0.1) is 6.61 Å². The number of likely N-dealkylation sites (tertiary alicyclic amines) is 1. The van der Waals surface area contributed by atoms with E-state index in [1.54, 1.807) is 4.90 Å². The maximum Gasteiger partial charge on any atom is 0.224 e. The topological polar surface area (TPSA) is 40.5 Å². The monoisotopic (exact) mass is 297 g/mol. The zero-order valence-electron chi connectivity index (χ0n) is 12.0. The molecule has 1 fully saturated rings. The van der Waals surface area contributed by atoms with Gasteiger partial charge >= 0.3 is 0 Å². The predicted octanol–water partition coefficient (Wildman–Crippen LogP) is 2.52. The quantitative estimate of drug-likeness (QED) is 0.907. The molecule has 1 aliphatic rings. The molecule has 5 heteroatoms. The van der Waals surface area contributed by atoms with Gasteiger partial charge in [0.25, 0.3) is 0 Å². The van der Waals surface area contributed by atoms with Crippen LogP contribution < -0.4 is 0 Å². The van der Waals surface area contributed by atoms with E-state index in [9.17, 15) is 13.6 Å². The van der Waals surface area contributed by atoms with Crippen LogP contribution in [0.3, 0.4) is 0 Å². The molecule has 0 bridgehead atoms. The van der Waals surface area contributed by atoms with Crippen molar-refractivity contribution in [2.45, 2.75) is 32.1 Å². The molecular formula is C16H21F2NO2. The molecule has 1 unspecified atom stereocenters. The fraction of sp³-hybridized carbons (Fsp3) is 0.562. The Kier molecular flexibility index (Phi) is 5.67. The van der Waals surface area contributed by atoms with E-state index in [0.29, 0.717) is 25.9 Å². The van der Waals surface area contributed by atoms with Crippen LogP contribution in [0.15, 0.2) is 18.2 Å². The highest BCUT2D eigenvalue weighted by Gasteiger charge is 2.23. The van der Waals surface area contributed by atoms with Gasteiger partial charge in [-0.3, -0.25) is 4.79 Å². The first-order valence-corrected chi connectivity index (χ1v) is 7.43. The highest BCUT2D eigenvalue weighted by Crippen LogP contribution is 2.23. The van der Waals surface area contributed by atoms with Crippen LogP contribution in [-0.4, -0.2) is 35.6 Å². The third-order valence-electron chi connectivity index (χ3n) is 4.06. The normalized spacial score (nSPS) is 18.8. The third kappa shape index (κ3) is 4.24. The molecule has 1 aromatic rings. The van der Waals surface area contributed by atoms with Crippen molar-refractivity contribution < 1.29 is 18.7 Å². The van der Waals surface area contributed by atoms with E-state index < -0.39 is 11.6 Å². The molecule has 1 aromatic carbocycles. The first kappa shape index (κ1) is 15.9. The second-order valence-electron chi connectivity index (χ2n) is 5.56. The number of nitrogens with zero attached hydrogens (tertiary/aromatic N) is 1. The first-order chi connectivity index (χ1) is 10.1. The molecule has 1 aliphatic heterocycles. The SMILES string of the molecule is O=C(CCO)N1CCCC(CCc2c(F)cccc2F)C1. The van der Waals surface area contributed by atoms with Crippen molar-refractivity contribution in [3.63, 3.8) is 0 Å². The molecule has 0 radical (unpaired) electrons. The van der Waals surface area contributed by atoms with Gasteiger partial charge in [0.15, 0.2) is 0 Å². The number of carbonyl (C=O) groups is 1. The average molecular weight is 297 g/mol. The number of hydrogen-bond donors (Lipinski definition) is 1. The average Bonchev–Trinajstić information content (AvgIpc) is 2.47. The lowest BCUT2D eigenvalue weighted by atomic mass is 9.91. The summed E-state index contributed by atoms with van der Waals surface area (Å²) in [6, 6.07) is 3.91. The van der Waals surface area contributed by atoms with Crippen LogP contribution in [0, 0.1) is 17.6 Å². The smallest absolute Gasteiger partial charge is 0.224 e. The molecule has 0 aromatic heterocycles. The molecule has 116 valence electrons. The lowest BCUT2D eigenvalue weighted by Gasteiger charge is -2.33. The second-order valence-corrected chi connectivity index (χ2v) is 5.56. The Bertz CT molecular complexity index is 473. The van der Waals surface area contributed by atoms with E-state index in [0.717, 1.165) is 12.8 Å². The molecule has 0 saturated carbocycles. The van der Waals surface area contributed by atoms with Gasteiger partial charge in [-0.15, -0.1) is 0 Å². The van der Waals surface area contributed by atoms with E-state index in [-0.39, 0.29) is 30.4 Å². The number of amides is 1. The standard InChI is InChI=1S/C16H21F2NO2/c17-14-4-1-5-15(18)13(14)7-6-12-3-2-9-19(11-12)16(21)8-10-20/h1,4-5,12,20H,2-3,6-11H2. The maximum absolute atomic E-state index is 13.6. The molecule has 1 amide bonds. The van der Waals surface area contributed by atoms with Crippen molar-refractivity contribution in [2.75, 3.05) is 19.7 Å². The molecule has 1 atom stereocenters. The van der Waals surface area contributed by atoms with Crippen LogP contribution in [0.2, 0.25) is 0 Å². The molecule has 1 N–H and O–H groups in total. The Labute approximate surface area is 123 Å². The molecular weight excluding hydrogens is 276 g/mol. The summed E-state index contributed by atoms with van der Waals surface area (Å²) in [7, 11) is 0. The Morgan fingerprint density at radius 2 is 2.05 bits per heavy atom. The van der Waals surface area contributed by atoms with E-state index >= 15 is 0 Å². The fourth-order valence-electron chi connectivity index (χ4n) is 2.90. The number of aliphatic hydroxyl groups excluding tert-OH is 1. The second kappa shape index (κ2) is 7.50. The summed E-state index contributed by atoms with van der Waals surface area (Å²) >= 11 is 0. The van der Waals surface area contributed by atoms with Gasteiger partial charge in [0, 0.05) is 25.1 Å². The zero-order chi connectivity index (χ0) is 15.2. The molecule has 1 heterocycles. The van der Waals surface area contributed by atoms with E-state index in [4.69, 9.17) is 5.11 Å². The van der Waals surface area contributed by atoms with Crippen LogP contribution >= 0.6 is 0 Å². The number of aliphatic hydroxyl groups is 1. The van der Waals surface area contributed by atoms with Crippen molar-refractivity contribution in [1.29, 1.82) is 0 Å². The predicted molar refractivity (Wildman–Crippen MR) is 75.7 cm³/mol. The van der Waals surface area contributed by atoms with Gasteiger partial charge < -0.3 is 10.0 Å². The van der Waals surface area contributed by atoms with Gasteiger partial charge in [0.1, 0.15) is 11.6 Å². The van der Waals surface area contributed by atoms with Crippen molar-refractivity contribution in [1.82, 2.24) is 4.90 Å². The maximum atomic E-state index is 13.6. The van der Waals surface area contributed by atoms with E-state index in [1.165, 1.54) is 18.2 Å². The summed E-state index contributed by atoms with van der Waals surface area (Å²) in [6.45, 7) is 1.19. The fourth-order valence-corrected chi connectivity index (χ4v) is 2.90. The number of halogens is 2. The summed E-state index contributed by atoms with van der Waals surface area (Å²) in [4.78, 5) is 13.5. The summed E-state index contributed by atoms with van der Waals surface area (Å²) in [6.07, 6.45) is 3.04. The number of benzene rings is 1. The summed E-state index contributed by atoms with van der Waals surface area (Å²) in [5.41, 5.74) is 0.135. The van der Waals surface area contributed by atoms with Crippen molar-refractivity contribution in [3.05, 3.63) is 35.4 Å². The largest absolute Gasteiger partial charge is 0.396 e. The lowest BCUT2D eigenvalue weighted by molar-refractivity contribution is -0.133. The Morgan fingerprint density at radius 1 is 1.33 bits per heavy atom. The van der Waals surface area contributed by atoms with Gasteiger partial charge in [-0.2, -0.15) is 0 Å².